The van der Waals surface area contributed by atoms with E-state index in [-0.39, 0.29) is 0 Å². The Hall–Kier alpha value is -1.31. The molecular formula is C11H14BN. The van der Waals surface area contributed by atoms with E-state index >= 15 is 0 Å². The molecule has 2 heteroatoms. The van der Waals surface area contributed by atoms with Gasteiger partial charge in [0.1, 0.15) is 0 Å². The van der Waals surface area contributed by atoms with Gasteiger partial charge in [-0.2, -0.15) is 0 Å². The van der Waals surface area contributed by atoms with E-state index in [0.29, 0.717) is 6.71 Å². The van der Waals surface area contributed by atoms with Crippen LogP contribution < -0.4 is 5.46 Å². The van der Waals surface area contributed by atoms with E-state index in [1.807, 2.05) is 24.4 Å². The smallest absolute Gasteiger partial charge is 0.185 e. The van der Waals surface area contributed by atoms with Crippen molar-refractivity contribution in [1.29, 1.82) is 0 Å². The van der Waals surface area contributed by atoms with Crippen LogP contribution >= 0.6 is 0 Å². The normalized spacial score (nSPS) is 9.23. The van der Waals surface area contributed by atoms with Crippen LogP contribution in [-0.4, -0.2) is 11.7 Å². The molecule has 0 unspecified atom stereocenters. The Bertz CT molecular complexity index is 259. The molecule has 0 spiro atoms. The summed E-state index contributed by atoms with van der Waals surface area (Å²) < 4.78 is 0. The molecule has 1 aromatic rings. The molecule has 0 saturated heterocycles. The summed E-state index contributed by atoms with van der Waals surface area (Å²) in [6, 6.07) is 4.07. The summed E-state index contributed by atoms with van der Waals surface area (Å²) in [5.41, 5.74) is 1.27. The molecule has 0 atom stereocenters. The monoisotopic (exact) mass is 171 g/mol. The average molecular weight is 171 g/mol. The second-order valence-corrected chi connectivity index (χ2v) is 3.03. The summed E-state index contributed by atoms with van der Waals surface area (Å²) in [5, 5.41) is 0. The van der Waals surface area contributed by atoms with Gasteiger partial charge in [0.05, 0.1) is 0 Å². The Morgan fingerprint density at radius 1 is 1.31 bits per heavy atom. The van der Waals surface area contributed by atoms with Crippen LogP contribution in [0.15, 0.2) is 49.8 Å². The van der Waals surface area contributed by atoms with Gasteiger partial charge in [-0.25, -0.2) is 0 Å². The fourth-order valence-corrected chi connectivity index (χ4v) is 1.39. The van der Waals surface area contributed by atoms with Crippen molar-refractivity contribution in [2.45, 2.75) is 12.6 Å². The summed E-state index contributed by atoms with van der Waals surface area (Å²) >= 11 is 0. The minimum absolute atomic E-state index is 0.490. The lowest BCUT2D eigenvalue weighted by Gasteiger charge is -2.07. The molecule has 0 N–H and O–H groups in total. The minimum Gasteiger partial charge on any atom is -0.265 e. The Balaban J connectivity index is 2.75. The Morgan fingerprint density at radius 3 is 2.46 bits per heavy atom. The number of rotatable bonds is 5. The second kappa shape index (κ2) is 5.36. The first-order valence-electron chi connectivity index (χ1n) is 4.50. The number of allylic oxidation sites excluding steroid dienone is 2. The molecule has 0 aliphatic carbocycles. The van der Waals surface area contributed by atoms with Crippen LogP contribution in [0.25, 0.3) is 0 Å². The Labute approximate surface area is 80.3 Å². The van der Waals surface area contributed by atoms with Crippen LogP contribution in [0.5, 0.6) is 0 Å². The fourth-order valence-electron chi connectivity index (χ4n) is 1.39. The highest BCUT2D eigenvalue weighted by Gasteiger charge is 2.11. The van der Waals surface area contributed by atoms with E-state index in [0.717, 1.165) is 12.6 Å². The molecule has 66 valence electrons. The van der Waals surface area contributed by atoms with Crippen molar-refractivity contribution >= 4 is 12.2 Å². The number of hydrogen-bond donors (Lipinski definition) is 0. The van der Waals surface area contributed by atoms with Crippen molar-refractivity contribution in [3.63, 3.8) is 0 Å². The van der Waals surface area contributed by atoms with Crippen LogP contribution in [0.2, 0.25) is 12.6 Å². The highest BCUT2D eigenvalue weighted by Crippen LogP contribution is 2.01. The molecular weight excluding hydrogens is 157 g/mol. The van der Waals surface area contributed by atoms with E-state index in [1.165, 1.54) is 5.46 Å². The largest absolute Gasteiger partial charge is 0.265 e. The molecule has 13 heavy (non-hydrogen) atoms. The van der Waals surface area contributed by atoms with Gasteiger partial charge in [-0.1, -0.05) is 36.3 Å². The zero-order chi connectivity index (χ0) is 9.52. The highest BCUT2D eigenvalue weighted by molar-refractivity contribution is 6.73. The van der Waals surface area contributed by atoms with Crippen LogP contribution in [0, 0.1) is 0 Å². The van der Waals surface area contributed by atoms with Gasteiger partial charge < -0.3 is 0 Å². The number of pyridine rings is 1. The maximum atomic E-state index is 4.10. The topological polar surface area (TPSA) is 12.9 Å². The van der Waals surface area contributed by atoms with Gasteiger partial charge in [0, 0.05) is 12.4 Å². The van der Waals surface area contributed by atoms with E-state index in [1.54, 1.807) is 6.20 Å². The van der Waals surface area contributed by atoms with E-state index in [2.05, 4.69) is 24.2 Å². The lowest BCUT2D eigenvalue weighted by Crippen LogP contribution is -2.28. The van der Waals surface area contributed by atoms with Crippen molar-refractivity contribution in [2.75, 3.05) is 0 Å². The summed E-state index contributed by atoms with van der Waals surface area (Å²) in [7, 11) is 0. The standard InChI is InChI=1S/C11H14BN/c1-3-7-12(8-4-2)11-6-5-9-13-10-11/h3-6,9-10H,1-2,7-8H2. The maximum absolute atomic E-state index is 4.10. The van der Waals surface area contributed by atoms with E-state index < -0.39 is 0 Å². The molecule has 0 bridgehead atoms. The van der Waals surface area contributed by atoms with Gasteiger partial charge in [-0.15, -0.1) is 13.2 Å². The van der Waals surface area contributed by atoms with Gasteiger partial charge >= 0.3 is 0 Å². The van der Waals surface area contributed by atoms with Gasteiger partial charge in [0.25, 0.3) is 0 Å². The van der Waals surface area contributed by atoms with Crippen molar-refractivity contribution in [3.05, 3.63) is 49.8 Å². The Morgan fingerprint density at radius 2 is 2.00 bits per heavy atom. The van der Waals surface area contributed by atoms with E-state index in [4.69, 9.17) is 0 Å². The predicted octanol–water partition coefficient (Wildman–Crippen LogP) is 2.16. The van der Waals surface area contributed by atoms with E-state index in [9.17, 15) is 0 Å². The molecule has 0 fully saturated rings. The van der Waals surface area contributed by atoms with Crippen molar-refractivity contribution in [3.8, 4) is 0 Å². The maximum Gasteiger partial charge on any atom is 0.185 e. The summed E-state index contributed by atoms with van der Waals surface area (Å²) in [4.78, 5) is 4.10. The third-order valence-electron chi connectivity index (χ3n) is 2.06. The van der Waals surface area contributed by atoms with Crippen LogP contribution in [0.4, 0.5) is 0 Å². The lowest BCUT2D eigenvalue weighted by atomic mass is 9.41. The fraction of sp³-hybridized carbons (Fsp3) is 0.182. The summed E-state index contributed by atoms with van der Waals surface area (Å²) in [6.07, 6.45) is 9.57. The molecule has 0 aromatic carbocycles. The minimum atomic E-state index is 0.490. The summed E-state index contributed by atoms with van der Waals surface area (Å²) in [5.74, 6) is 0. The number of hydrogen-bond acceptors (Lipinski definition) is 1. The lowest BCUT2D eigenvalue weighted by molar-refractivity contribution is 1.34. The SMILES string of the molecule is C=CCB(CC=C)c1cccnc1. The highest BCUT2D eigenvalue weighted by atomic mass is 14.6. The van der Waals surface area contributed by atoms with Crippen LogP contribution in [0.1, 0.15) is 0 Å². The predicted molar refractivity (Wildman–Crippen MR) is 59.6 cm³/mol. The second-order valence-electron chi connectivity index (χ2n) is 3.03. The number of aromatic nitrogens is 1. The van der Waals surface area contributed by atoms with Crippen LogP contribution in [-0.2, 0) is 0 Å². The van der Waals surface area contributed by atoms with Crippen molar-refractivity contribution in [1.82, 2.24) is 4.98 Å². The molecule has 0 aliphatic rings. The molecule has 1 heterocycles. The molecule has 1 rings (SSSR count). The van der Waals surface area contributed by atoms with Crippen LogP contribution in [0.3, 0.4) is 0 Å². The van der Waals surface area contributed by atoms with Gasteiger partial charge in [-0.05, 0) is 6.07 Å². The zero-order valence-electron chi connectivity index (χ0n) is 7.82. The molecule has 0 amide bonds. The van der Waals surface area contributed by atoms with Gasteiger partial charge in [0.2, 0.25) is 0 Å². The quantitative estimate of drug-likeness (QED) is 0.488. The molecule has 1 nitrogen and oxygen atoms in total. The first kappa shape index (κ1) is 9.78. The molecule has 0 radical (unpaired) electrons. The van der Waals surface area contributed by atoms with Crippen molar-refractivity contribution < 1.29 is 0 Å². The van der Waals surface area contributed by atoms with Gasteiger partial charge in [-0.3, -0.25) is 4.98 Å². The number of nitrogens with zero attached hydrogens (tertiary/aromatic N) is 1. The van der Waals surface area contributed by atoms with Gasteiger partial charge in [0.15, 0.2) is 6.71 Å². The molecule has 1 aromatic heterocycles. The third kappa shape index (κ3) is 2.90. The summed E-state index contributed by atoms with van der Waals surface area (Å²) in [6.45, 7) is 8.00. The zero-order valence-corrected chi connectivity index (χ0v) is 7.82. The molecule has 0 saturated carbocycles. The third-order valence-corrected chi connectivity index (χ3v) is 2.06. The molecule has 0 aliphatic heterocycles. The first-order chi connectivity index (χ1) is 6.38. The van der Waals surface area contributed by atoms with Crippen molar-refractivity contribution in [2.24, 2.45) is 0 Å². The average Bonchev–Trinajstić information content (AvgIpc) is 2.19. The first-order valence-corrected chi connectivity index (χ1v) is 4.50. The Kier molecular flexibility index (Phi) is 4.03.